The maximum Gasteiger partial charge on any atom is 0.305 e. The molecule has 4 aliphatic carbocycles. The standard InChI is InChI=1S/C22H34O3/c1-4-20(24)25-19-8-7-17-16-6-5-14-13-15(23)9-11-21(14,2)18(16)10-12-22(17,19)3/h5,15-19,23H,4,6-13H2,1-3H3/t15-,16+,17+,18+,19+,21+,22+/m1/s1. The van der Waals surface area contributed by atoms with E-state index < -0.39 is 0 Å². The zero-order chi connectivity index (χ0) is 17.8. The molecule has 0 aliphatic heterocycles. The smallest absolute Gasteiger partial charge is 0.305 e. The van der Waals surface area contributed by atoms with Gasteiger partial charge in [0.05, 0.1) is 6.10 Å². The predicted molar refractivity (Wildman–Crippen MR) is 97.9 cm³/mol. The van der Waals surface area contributed by atoms with Crippen molar-refractivity contribution in [3.05, 3.63) is 11.6 Å². The molecular formula is C22H34O3. The van der Waals surface area contributed by atoms with E-state index in [1.54, 1.807) is 0 Å². The van der Waals surface area contributed by atoms with Crippen LogP contribution in [0.4, 0.5) is 0 Å². The Morgan fingerprint density at radius 1 is 1.20 bits per heavy atom. The van der Waals surface area contributed by atoms with E-state index in [4.69, 9.17) is 4.74 Å². The fourth-order valence-electron chi connectivity index (χ4n) is 7.03. The molecule has 140 valence electrons. The largest absolute Gasteiger partial charge is 0.462 e. The van der Waals surface area contributed by atoms with Gasteiger partial charge in [-0.15, -0.1) is 0 Å². The van der Waals surface area contributed by atoms with E-state index in [-0.39, 0.29) is 23.6 Å². The first kappa shape index (κ1) is 17.6. The van der Waals surface area contributed by atoms with Crippen LogP contribution in [0.5, 0.6) is 0 Å². The third-order valence-corrected chi connectivity index (χ3v) is 8.55. The molecule has 4 aliphatic rings. The van der Waals surface area contributed by atoms with Crippen molar-refractivity contribution in [1.29, 1.82) is 0 Å². The van der Waals surface area contributed by atoms with Crippen molar-refractivity contribution in [2.75, 3.05) is 0 Å². The topological polar surface area (TPSA) is 46.5 Å². The maximum atomic E-state index is 11.9. The van der Waals surface area contributed by atoms with Crippen molar-refractivity contribution in [2.45, 2.75) is 90.8 Å². The van der Waals surface area contributed by atoms with Crippen LogP contribution in [0.2, 0.25) is 0 Å². The third-order valence-electron chi connectivity index (χ3n) is 8.55. The van der Waals surface area contributed by atoms with Gasteiger partial charge < -0.3 is 9.84 Å². The SMILES string of the molecule is CCC(=O)O[C@H]1CC[C@H]2[C@@H]3CC=C4C[C@H](O)CC[C@]4(C)[C@H]3CC[C@]12C. The predicted octanol–water partition coefficient (Wildman–Crippen LogP) is 4.63. The van der Waals surface area contributed by atoms with Gasteiger partial charge in [0.2, 0.25) is 0 Å². The van der Waals surface area contributed by atoms with Crippen molar-refractivity contribution in [3.8, 4) is 0 Å². The quantitative estimate of drug-likeness (QED) is 0.585. The molecule has 0 aromatic heterocycles. The fraction of sp³-hybridized carbons (Fsp3) is 0.864. The summed E-state index contributed by atoms with van der Waals surface area (Å²) in [7, 11) is 0. The molecule has 0 radical (unpaired) electrons. The van der Waals surface area contributed by atoms with Crippen molar-refractivity contribution < 1.29 is 14.6 Å². The second-order valence-corrected chi connectivity index (χ2v) is 9.61. The molecule has 0 heterocycles. The number of aliphatic hydroxyl groups is 1. The number of rotatable bonds is 2. The van der Waals surface area contributed by atoms with Crippen LogP contribution >= 0.6 is 0 Å². The highest BCUT2D eigenvalue weighted by Gasteiger charge is 2.59. The number of ether oxygens (including phenoxy) is 1. The summed E-state index contributed by atoms with van der Waals surface area (Å²) in [6, 6.07) is 0. The second-order valence-electron chi connectivity index (χ2n) is 9.61. The highest BCUT2D eigenvalue weighted by molar-refractivity contribution is 5.69. The lowest BCUT2D eigenvalue weighted by Crippen LogP contribution is -2.51. The van der Waals surface area contributed by atoms with Gasteiger partial charge in [-0.1, -0.05) is 32.4 Å². The molecule has 0 aromatic rings. The highest BCUT2D eigenvalue weighted by Crippen LogP contribution is 2.65. The first-order valence-corrected chi connectivity index (χ1v) is 10.5. The van der Waals surface area contributed by atoms with Gasteiger partial charge in [0, 0.05) is 11.8 Å². The van der Waals surface area contributed by atoms with E-state index in [9.17, 15) is 9.90 Å². The minimum Gasteiger partial charge on any atom is -0.462 e. The van der Waals surface area contributed by atoms with Crippen molar-refractivity contribution in [1.82, 2.24) is 0 Å². The summed E-state index contributed by atoms with van der Waals surface area (Å²) in [5, 5.41) is 10.1. The van der Waals surface area contributed by atoms with Crippen LogP contribution in [0.25, 0.3) is 0 Å². The van der Waals surface area contributed by atoms with Gasteiger partial charge in [0.1, 0.15) is 6.10 Å². The van der Waals surface area contributed by atoms with Crippen LogP contribution in [0.3, 0.4) is 0 Å². The molecule has 3 fully saturated rings. The maximum absolute atomic E-state index is 11.9. The van der Waals surface area contributed by atoms with Crippen LogP contribution in [0.1, 0.15) is 78.6 Å². The van der Waals surface area contributed by atoms with E-state index in [1.807, 2.05) is 6.92 Å². The molecule has 3 saturated carbocycles. The first-order chi connectivity index (χ1) is 11.9. The van der Waals surface area contributed by atoms with Crippen LogP contribution in [-0.4, -0.2) is 23.3 Å². The number of aliphatic hydroxyl groups excluding tert-OH is 1. The molecule has 0 bridgehead atoms. The van der Waals surface area contributed by atoms with Gasteiger partial charge >= 0.3 is 5.97 Å². The zero-order valence-electron chi connectivity index (χ0n) is 16.1. The molecule has 7 atom stereocenters. The molecule has 0 saturated heterocycles. The summed E-state index contributed by atoms with van der Waals surface area (Å²) in [5.41, 5.74) is 1.99. The minimum atomic E-state index is -0.131. The number of esters is 1. The van der Waals surface area contributed by atoms with Crippen LogP contribution in [-0.2, 0) is 9.53 Å². The number of allylic oxidation sites excluding steroid dienone is 1. The van der Waals surface area contributed by atoms with Gasteiger partial charge in [0.25, 0.3) is 0 Å². The Hall–Kier alpha value is -0.830. The van der Waals surface area contributed by atoms with Gasteiger partial charge in [-0.2, -0.15) is 0 Å². The Morgan fingerprint density at radius 2 is 2.00 bits per heavy atom. The Bertz CT molecular complexity index is 582. The summed E-state index contributed by atoms with van der Waals surface area (Å²) in [5.74, 6) is 2.13. The number of fused-ring (bicyclic) bond motifs is 5. The highest BCUT2D eigenvalue weighted by atomic mass is 16.5. The third kappa shape index (κ3) is 2.60. The van der Waals surface area contributed by atoms with Crippen molar-refractivity contribution in [2.24, 2.45) is 28.6 Å². The summed E-state index contributed by atoms with van der Waals surface area (Å²) in [4.78, 5) is 11.9. The van der Waals surface area contributed by atoms with Gasteiger partial charge in [-0.25, -0.2) is 0 Å². The van der Waals surface area contributed by atoms with Gasteiger partial charge in [-0.3, -0.25) is 4.79 Å². The first-order valence-electron chi connectivity index (χ1n) is 10.5. The number of carbonyl (C=O) groups excluding carboxylic acids is 1. The number of hydrogen-bond acceptors (Lipinski definition) is 3. The van der Waals surface area contributed by atoms with Gasteiger partial charge in [-0.05, 0) is 74.5 Å². The van der Waals surface area contributed by atoms with E-state index in [1.165, 1.54) is 24.8 Å². The molecule has 0 spiro atoms. The van der Waals surface area contributed by atoms with Crippen LogP contribution in [0, 0.1) is 28.6 Å². The molecule has 0 amide bonds. The molecule has 0 unspecified atom stereocenters. The monoisotopic (exact) mass is 346 g/mol. The molecule has 25 heavy (non-hydrogen) atoms. The lowest BCUT2D eigenvalue weighted by molar-refractivity contribution is -0.159. The van der Waals surface area contributed by atoms with E-state index >= 15 is 0 Å². The lowest BCUT2D eigenvalue weighted by Gasteiger charge is -2.57. The zero-order valence-corrected chi connectivity index (χ0v) is 16.1. The van der Waals surface area contributed by atoms with Gasteiger partial charge in [0.15, 0.2) is 0 Å². The average molecular weight is 347 g/mol. The molecule has 0 aromatic carbocycles. The lowest BCUT2D eigenvalue weighted by atomic mass is 9.48. The van der Waals surface area contributed by atoms with Crippen LogP contribution in [0.15, 0.2) is 11.6 Å². The summed E-state index contributed by atoms with van der Waals surface area (Å²) in [6.07, 6.45) is 11.8. The van der Waals surface area contributed by atoms with Crippen molar-refractivity contribution in [3.63, 3.8) is 0 Å². The summed E-state index contributed by atoms with van der Waals surface area (Å²) in [6.45, 7) is 6.74. The second kappa shape index (κ2) is 6.11. The Balaban J connectivity index is 1.59. The Morgan fingerprint density at radius 3 is 2.76 bits per heavy atom. The van der Waals surface area contributed by atoms with E-state index in [0.29, 0.717) is 17.8 Å². The normalized spacial score (nSPS) is 48.8. The molecule has 4 rings (SSSR count). The molecule has 1 N–H and O–H groups in total. The molecule has 3 nitrogen and oxygen atoms in total. The minimum absolute atomic E-state index is 0.0342. The Kier molecular flexibility index (Phi) is 4.30. The van der Waals surface area contributed by atoms with Crippen LogP contribution < -0.4 is 0 Å². The van der Waals surface area contributed by atoms with E-state index in [2.05, 4.69) is 19.9 Å². The molecular weight excluding hydrogens is 312 g/mol. The molecule has 3 heteroatoms. The number of hydrogen-bond donors (Lipinski definition) is 1. The van der Waals surface area contributed by atoms with E-state index in [0.717, 1.165) is 43.9 Å². The number of carbonyl (C=O) groups is 1. The Labute approximate surface area is 152 Å². The average Bonchev–Trinajstić information content (AvgIpc) is 2.92. The van der Waals surface area contributed by atoms with Crippen molar-refractivity contribution >= 4 is 5.97 Å². The summed E-state index contributed by atoms with van der Waals surface area (Å²) < 4.78 is 5.87. The summed E-state index contributed by atoms with van der Waals surface area (Å²) >= 11 is 0. The fourth-order valence-corrected chi connectivity index (χ4v) is 7.03.